The van der Waals surface area contributed by atoms with E-state index in [-0.39, 0.29) is 17.9 Å². The molecule has 3 heterocycles. The lowest BCUT2D eigenvalue weighted by Gasteiger charge is -2.34. The molecule has 0 fully saturated rings. The van der Waals surface area contributed by atoms with E-state index in [9.17, 15) is 14.7 Å². The number of rotatable bonds is 4. The molecule has 2 N–H and O–H groups in total. The van der Waals surface area contributed by atoms with Gasteiger partial charge in [0.1, 0.15) is 17.2 Å². The Hall–Kier alpha value is -3.45. The summed E-state index contributed by atoms with van der Waals surface area (Å²) < 4.78 is 6.01. The van der Waals surface area contributed by atoms with Crippen LogP contribution >= 0.6 is 0 Å². The van der Waals surface area contributed by atoms with Crippen molar-refractivity contribution >= 4 is 34.7 Å². The van der Waals surface area contributed by atoms with Crippen molar-refractivity contribution in [3.63, 3.8) is 0 Å². The van der Waals surface area contributed by atoms with Gasteiger partial charge >= 0.3 is 0 Å². The second-order valence-corrected chi connectivity index (χ2v) is 8.83. The number of aliphatic hydroxyl groups is 1. The second kappa shape index (κ2) is 7.91. The Morgan fingerprint density at radius 1 is 1.34 bits per heavy atom. The van der Waals surface area contributed by atoms with Gasteiger partial charge in [0.2, 0.25) is 11.8 Å². The van der Waals surface area contributed by atoms with Crippen molar-refractivity contribution in [2.45, 2.75) is 39.8 Å². The number of carbonyl (C=O) groups excluding carboxylic acids is 2. The highest BCUT2D eigenvalue weighted by Gasteiger charge is 2.42. The average Bonchev–Trinajstić information content (AvgIpc) is 3.12. The fourth-order valence-corrected chi connectivity index (χ4v) is 3.93. The van der Waals surface area contributed by atoms with Crippen LogP contribution in [-0.4, -0.2) is 33.9 Å². The van der Waals surface area contributed by atoms with E-state index in [0.29, 0.717) is 16.9 Å². The van der Waals surface area contributed by atoms with Crippen molar-refractivity contribution in [3.05, 3.63) is 65.1 Å². The topological polar surface area (TPSA) is 95.7 Å². The van der Waals surface area contributed by atoms with Crippen molar-refractivity contribution in [2.75, 3.05) is 12.4 Å². The van der Waals surface area contributed by atoms with Crippen LogP contribution in [0.3, 0.4) is 0 Å². The summed E-state index contributed by atoms with van der Waals surface area (Å²) in [4.78, 5) is 30.8. The minimum absolute atomic E-state index is 0.191. The summed E-state index contributed by atoms with van der Waals surface area (Å²) in [6.07, 6.45) is 3.69. The first-order valence-corrected chi connectivity index (χ1v) is 10.5. The predicted molar refractivity (Wildman–Crippen MR) is 123 cm³/mol. The average molecular weight is 434 g/mol. The molecule has 1 aliphatic heterocycles. The number of likely N-dealkylation sites (N-methyl/N-ethyl adjacent to an activating group) is 1. The highest BCUT2D eigenvalue weighted by molar-refractivity contribution is 5.98. The molecule has 2 amide bonds. The van der Waals surface area contributed by atoms with E-state index >= 15 is 0 Å². The third kappa shape index (κ3) is 3.58. The van der Waals surface area contributed by atoms with Gasteiger partial charge in [-0.25, -0.2) is 4.98 Å². The summed E-state index contributed by atoms with van der Waals surface area (Å²) in [5.74, 6) is 0.632. The first-order chi connectivity index (χ1) is 15.1. The van der Waals surface area contributed by atoms with Gasteiger partial charge in [-0.05, 0) is 51.5 Å². The van der Waals surface area contributed by atoms with E-state index in [4.69, 9.17) is 4.42 Å². The van der Waals surface area contributed by atoms with Crippen LogP contribution < -0.4 is 5.32 Å². The number of benzene rings is 1. The molecule has 0 aliphatic carbocycles. The highest BCUT2D eigenvalue weighted by atomic mass is 16.3. The molecule has 0 radical (unpaired) electrons. The molecule has 1 unspecified atom stereocenters. The van der Waals surface area contributed by atoms with E-state index in [1.807, 2.05) is 38.1 Å². The van der Waals surface area contributed by atoms with Crippen LogP contribution in [0.1, 0.15) is 55.4 Å². The molecule has 3 aromatic rings. The van der Waals surface area contributed by atoms with Gasteiger partial charge in [-0.1, -0.05) is 18.2 Å². The Kier molecular flexibility index (Phi) is 5.38. The minimum Gasteiger partial charge on any atom is -0.459 e. The number of anilines is 1. The van der Waals surface area contributed by atoms with Crippen LogP contribution in [0.25, 0.3) is 17.0 Å². The van der Waals surface area contributed by atoms with Crippen molar-refractivity contribution in [1.29, 1.82) is 0 Å². The van der Waals surface area contributed by atoms with E-state index in [1.165, 1.54) is 6.08 Å². The van der Waals surface area contributed by atoms with Crippen molar-refractivity contribution in [2.24, 2.45) is 5.41 Å². The van der Waals surface area contributed by atoms with Crippen LogP contribution in [0.5, 0.6) is 0 Å². The number of aromatic nitrogens is 1. The summed E-state index contributed by atoms with van der Waals surface area (Å²) in [6, 6.07) is 9.30. The molecule has 4 rings (SSSR count). The van der Waals surface area contributed by atoms with Gasteiger partial charge in [0, 0.05) is 35.8 Å². The standard InChI is InChI=1S/C25H27N3O4/c1-14-17-8-6-7-9-19(17)32-21(14)15(2)28(5)20(29)11-10-16-12-18-22(30)25(3,4)24(31)27-23(18)26-13-16/h6-13,15,22,30H,1-5H3,(H,26,27,31)/b11-10+/t15-,22?/m1/s1. The molecule has 0 saturated carbocycles. The molecule has 166 valence electrons. The highest BCUT2D eigenvalue weighted by Crippen LogP contribution is 2.41. The van der Waals surface area contributed by atoms with Gasteiger partial charge in [0.25, 0.3) is 0 Å². The fourth-order valence-electron chi connectivity index (χ4n) is 3.93. The number of amides is 2. The monoisotopic (exact) mass is 433 g/mol. The van der Waals surface area contributed by atoms with Gasteiger partial charge < -0.3 is 19.7 Å². The molecule has 2 aromatic heterocycles. The lowest BCUT2D eigenvalue weighted by Crippen LogP contribution is -2.41. The largest absolute Gasteiger partial charge is 0.459 e. The van der Waals surface area contributed by atoms with Crippen LogP contribution in [0.2, 0.25) is 0 Å². The summed E-state index contributed by atoms with van der Waals surface area (Å²) >= 11 is 0. The summed E-state index contributed by atoms with van der Waals surface area (Å²) in [6.45, 7) is 7.28. The van der Waals surface area contributed by atoms with Crippen molar-refractivity contribution in [1.82, 2.24) is 9.88 Å². The Morgan fingerprint density at radius 3 is 2.78 bits per heavy atom. The predicted octanol–water partition coefficient (Wildman–Crippen LogP) is 4.38. The van der Waals surface area contributed by atoms with Gasteiger partial charge in [-0.3, -0.25) is 9.59 Å². The Bertz CT molecular complexity index is 1240. The van der Waals surface area contributed by atoms with Crippen LogP contribution in [-0.2, 0) is 9.59 Å². The Labute approximate surface area is 186 Å². The Morgan fingerprint density at radius 2 is 2.06 bits per heavy atom. The maximum atomic E-state index is 12.8. The number of para-hydroxylation sites is 1. The molecular formula is C25H27N3O4. The molecular weight excluding hydrogens is 406 g/mol. The van der Waals surface area contributed by atoms with E-state index in [0.717, 1.165) is 22.3 Å². The normalized spacial score (nSPS) is 18.4. The lowest BCUT2D eigenvalue weighted by molar-refractivity contribution is -0.131. The van der Waals surface area contributed by atoms with Crippen molar-refractivity contribution < 1.29 is 19.1 Å². The zero-order chi connectivity index (χ0) is 23.2. The number of pyridine rings is 1. The summed E-state index contributed by atoms with van der Waals surface area (Å²) in [5.41, 5.74) is 2.05. The number of fused-ring (bicyclic) bond motifs is 2. The molecule has 1 aromatic carbocycles. The van der Waals surface area contributed by atoms with Crippen LogP contribution in [0.15, 0.2) is 47.0 Å². The number of furan rings is 1. The molecule has 0 spiro atoms. The zero-order valence-electron chi connectivity index (χ0n) is 18.8. The first-order valence-electron chi connectivity index (χ1n) is 10.5. The van der Waals surface area contributed by atoms with Crippen LogP contribution in [0, 0.1) is 12.3 Å². The maximum Gasteiger partial charge on any atom is 0.246 e. The summed E-state index contributed by atoms with van der Waals surface area (Å²) in [5, 5.41) is 14.4. The minimum atomic E-state index is -0.985. The molecule has 2 atom stereocenters. The molecule has 0 bridgehead atoms. The van der Waals surface area contributed by atoms with Crippen LogP contribution in [0.4, 0.5) is 5.82 Å². The summed E-state index contributed by atoms with van der Waals surface area (Å²) in [7, 11) is 1.73. The van der Waals surface area contributed by atoms with Gasteiger partial charge in [0.05, 0.1) is 17.6 Å². The SMILES string of the molecule is Cc1c([C@@H](C)N(C)C(=O)/C=C/c2cnc3c(c2)C(O)C(C)(C)C(=O)N3)oc2ccccc12. The van der Waals surface area contributed by atoms with Gasteiger partial charge in [-0.2, -0.15) is 0 Å². The fraction of sp³-hybridized carbons (Fsp3) is 0.320. The van der Waals surface area contributed by atoms with E-state index in [1.54, 1.807) is 44.1 Å². The molecule has 7 nitrogen and oxygen atoms in total. The number of nitrogens with one attached hydrogen (secondary N) is 1. The number of aryl methyl sites for hydroxylation is 1. The molecule has 32 heavy (non-hydrogen) atoms. The third-order valence-corrected chi connectivity index (χ3v) is 6.34. The number of hydrogen-bond donors (Lipinski definition) is 2. The number of nitrogens with zero attached hydrogens (tertiary/aromatic N) is 2. The lowest BCUT2D eigenvalue weighted by atomic mass is 9.79. The van der Waals surface area contributed by atoms with Crippen molar-refractivity contribution in [3.8, 4) is 0 Å². The van der Waals surface area contributed by atoms with Gasteiger partial charge in [-0.15, -0.1) is 0 Å². The number of carbonyl (C=O) groups is 2. The molecule has 1 aliphatic rings. The van der Waals surface area contributed by atoms with Gasteiger partial charge in [0.15, 0.2) is 0 Å². The zero-order valence-corrected chi connectivity index (χ0v) is 18.8. The van der Waals surface area contributed by atoms with E-state index in [2.05, 4.69) is 10.3 Å². The molecule has 0 saturated heterocycles. The Balaban J connectivity index is 1.53. The molecule has 7 heteroatoms. The number of hydrogen-bond acceptors (Lipinski definition) is 5. The maximum absolute atomic E-state index is 12.8. The first kappa shape index (κ1) is 21.8. The second-order valence-electron chi connectivity index (χ2n) is 8.83. The third-order valence-electron chi connectivity index (χ3n) is 6.34. The smallest absolute Gasteiger partial charge is 0.246 e. The quantitative estimate of drug-likeness (QED) is 0.595. The number of aliphatic hydroxyl groups excluding tert-OH is 1. The van der Waals surface area contributed by atoms with E-state index < -0.39 is 11.5 Å².